The highest BCUT2D eigenvalue weighted by molar-refractivity contribution is 6.33. The standard InChI is InChI=1S/C14H15ClFN3O2/c1-20-10-4-3-7(5-11(10)21-2)19-14-9(18)6-8(17)12(15)13(14)16/h3-6,19H,17-18H2,1-2H3. The van der Waals surface area contributed by atoms with Crippen LogP contribution in [-0.4, -0.2) is 14.2 Å². The van der Waals surface area contributed by atoms with E-state index in [9.17, 15) is 4.39 Å². The number of nitrogens with two attached hydrogens (primary N) is 2. The van der Waals surface area contributed by atoms with E-state index in [0.717, 1.165) is 0 Å². The van der Waals surface area contributed by atoms with Gasteiger partial charge in [-0.1, -0.05) is 11.6 Å². The van der Waals surface area contributed by atoms with Crippen LogP contribution in [0.2, 0.25) is 5.02 Å². The lowest BCUT2D eigenvalue weighted by Crippen LogP contribution is -2.03. The monoisotopic (exact) mass is 311 g/mol. The Bertz CT molecular complexity index is 680. The van der Waals surface area contributed by atoms with Gasteiger partial charge in [-0.05, 0) is 18.2 Å². The summed E-state index contributed by atoms with van der Waals surface area (Å²) in [5, 5.41) is 2.69. The molecule has 0 bridgehead atoms. The van der Waals surface area contributed by atoms with Crippen molar-refractivity contribution in [1.29, 1.82) is 0 Å². The number of methoxy groups -OCH3 is 2. The topological polar surface area (TPSA) is 82.5 Å². The van der Waals surface area contributed by atoms with Crippen LogP contribution in [0.3, 0.4) is 0 Å². The minimum Gasteiger partial charge on any atom is -0.493 e. The molecule has 0 fully saturated rings. The minimum absolute atomic E-state index is 0.0569. The van der Waals surface area contributed by atoms with Crippen molar-refractivity contribution in [2.45, 2.75) is 0 Å². The summed E-state index contributed by atoms with van der Waals surface area (Å²) in [7, 11) is 3.04. The van der Waals surface area contributed by atoms with Crippen LogP contribution in [-0.2, 0) is 0 Å². The van der Waals surface area contributed by atoms with Gasteiger partial charge in [0, 0.05) is 11.8 Å². The third kappa shape index (κ3) is 2.90. The second kappa shape index (κ2) is 5.97. The fourth-order valence-corrected chi connectivity index (χ4v) is 2.00. The highest BCUT2D eigenvalue weighted by atomic mass is 35.5. The van der Waals surface area contributed by atoms with Crippen LogP contribution in [0.25, 0.3) is 0 Å². The van der Waals surface area contributed by atoms with Gasteiger partial charge in [0.15, 0.2) is 17.3 Å². The number of anilines is 4. The first-order valence-electron chi connectivity index (χ1n) is 6.00. The number of rotatable bonds is 4. The van der Waals surface area contributed by atoms with Gasteiger partial charge in [0.1, 0.15) is 5.02 Å². The quantitative estimate of drug-likeness (QED) is 0.754. The van der Waals surface area contributed by atoms with Gasteiger partial charge in [-0.2, -0.15) is 0 Å². The molecule has 0 amide bonds. The molecular weight excluding hydrogens is 297 g/mol. The molecule has 0 heterocycles. The van der Waals surface area contributed by atoms with E-state index in [-0.39, 0.29) is 22.1 Å². The van der Waals surface area contributed by atoms with E-state index in [1.54, 1.807) is 18.2 Å². The maximum Gasteiger partial charge on any atom is 0.169 e. The molecule has 2 aromatic carbocycles. The molecule has 0 unspecified atom stereocenters. The Morgan fingerprint density at radius 2 is 1.71 bits per heavy atom. The Balaban J connectivity index is 2.41. The Labute approximate surface area is 126 Å². The van der Waals surface area contributed by atoms with Gasteiger partial charge in [0.2, 0.25) is 0 Å². The zero-order valence-electron chi connectivity index (χ0n) is 11.5. The van der Waals surface area contributed by atoms with Crippen molar-refractivity contribution < 1.29 is 13.9 Å². The van der Waals surface area contributed by atoms with Crippen molar-refractivity contribution >= 4 is 34.4 Å². The van der Waals surface area contributed by atoms with Crippen molar-refractivity contribution in [2.24, 2.45) is 0 Å². The molecule has 2 rings (SSSR count). The van der Waals surface area contributed by atoms with Crippen LogP contribution in [0.15, 0.2) is 24.3 Å². The molecule has 5 N–H and O–H groups in total. The Morgan fingerprint density at radius 3 is 2.33 bits per heavy atom. The van der Waals surface area contributed by atoms with Gasteiger partial charge >= 0.3 is 0 Å². The molecular formula is C14H15ClFN3O2. The highest BCUT2D eigenvalue weighted by Gasteiger charge is 2.15. The third-order valence-electron chi connectivity index (χ3n) is 2.92. The van der Waals surface area contributed by atoms with E-state index in [1.165, 1.54) is 20.3 Å². The smallest absolute Gasteiger partial charge is 0.169 e. The normalized spacial score (nSPS) is 10.3. The molecule has 0 aliphatic carbocycles. The summed E-state index contributed by atoms with van der Waals surface area (Å²) >= 11 is 5.79. The summed E-state index contributed by atoms with van der Waals surface area (Å²) in [5.41, 5.74) is 12.2. The van der Waals surface area contributed by atoms with Crippen molar-refractivity contribution in [3.05, 3.63) is 35.1 Å². The van der Waals surface area contributed by atoms with E-state index >= 15 is 0 Å². The number of halogens is 2. The molecule has 112 valence electrons. The molecule has 0 aliphatic rings. The SMILES string of the molecule is COc1ccc(Nc2c(N)cc(N)c(Cl)c2F)cc1OC. The summed E-state index contributed by atoms with van der Waals surface area (Å²) in [6, 6.07) is 6.44. The number of nitrogen functional groups attached to an aromatic ring is 2. The first kappa shape index (κ1) is 15.1. The van der Waals surface area contributed by atoms with Crippen LogP contribution < -0.4 is 26.3 Å². The largest absolute Gasteiger partial charge is 0.493 e. The minimum atomic E-state index is -0.705. The second-order valence-corrected chi connectivity index (χ2v) is 4.63. The van der Waals surface area contributed by atoms with Crippen LogP contribution in [0.1, 0.15) is 0 Å². The van der Waals surface area contributed by atoms with Gasteiger partial charge in [0.25, 0.3) is 0 Å². The van der Waals surface area contributed by atoms with Crippen molar-refractivity contribution in [2.75, 3.05) is 31.0 Å². The highest BCUT2D eigenvalue weighted by Crippen LogP contribution is 2.37. The van der Waals surface area contributed by atoms with Crippen LogP contribution >= 0.6 is 11.6 Å². The lowest BCUT2D eigenvalue weighted by atomic mass is 10.2. The van der Waals surface area contributed by atoms with E-state index in [0.29, 0.717) is 17.2 Å². The zero-order valence-corrected chi connectivity index (χ0v) is 12.3. The van der Waals surface area contributed by atoms with E-state index < -0.39 is 5.82 Å². The third-order valence-corrected chi connectivity index (χ3v) is 3.30. The summed E-state index contributed by atoms with van der Waals surface area (Å²) in [6.07, 6.45) is 0. The van der Waals surface area contributed by atoms with Gasteiger partial charge in [0.05, 0.1) is 31.3 Å². The molecule has 0 aromatic heterocycles. The lowest BCUT2D eigenvalue weighted by molar-refractivity contribution is 0.355. The predicted molar refractivity (Wildman–Crippen MR) is 83.1 cm³/mol. The molecule has 0 aliphatic heterocycles. The summed E-state index contributed by atoms with van der Waals surface area (Å²) < 4.78 is 24.4. The van der Waals surface area contributed by atoms with Crippen molar-refractivity contribution in [1.82, 2.24) is 0 Å². The average Bonchev–Trinajstić information content (AvgIpc) is 2.49. The molecule has 5 nitrogen and oxygen atoms in total. The van der Waals surface area contributed by atoms with E-state index in [4.69, 9.17) is 32.5 Å². The fourth-order valence-electron chi connectivity index (χ4n) is 1.85. The molecule has 0 saturated heterocycles. The molecule has 0 spiro atoms. The van der Waals surface area contributed by atoms with Crippen LogP contribution in [0.5, 0.6) is 11.5 Å². The predicted octanol–water partition coefficient (Wildman–Crippen LogP) is 3.40. The van der Waals surface area contributed by atoms with Crippen molar-refractivity contribution in [3.63, 3.8) is 0 Å². The Kier molecular flexibility index (Phi) is 4.28. The van der Waals surface area contributed by atoms with E-state index in [2.05, 4.69) is 5.32 Å². The van der Waals surface area contributed by atoms with Gasteiger partial charge < -0.3 is 26.3 Å². The Morgan fingerprint density at radius 1 is 1.05 bits per heavy atom. The maximum atomic E-state index is 14.1. The Hall–Kier alpha value is -2.34. The first-order valence-corrected chi connectivity index (χ1v) is 6.37. The summed E-state index contributed by atoms with van der Waals surface area (Å²) in [5.74, 6) is 0.360. The molecule has 2 aromatic rings. The number of benzene rings is 2. The van der Waals surface area contributed by atoms with Crippen LogP contribution in [0.4, 0.5) is 27.1 Å². The lowest BCUT2D eigenvalue weighted by Gasteiger charge is -2.14. The van der Waals surface area contributed by atoms with Gasteiger partial charge in [-0.15, -0.1) is 0 Å². The maximum absolute atomic E-state index is 14.1. The molecule has 0 saturated carbocycles. The molecule has 0 radical (unpaired) electrons. The molecule has 21 heavy (non-hydrogen) atoms. The first-order chi connectivity index (χ1) is 9.97. The molecule has 7 heteroatoms. The zero-order chi connectivity index (χ0) is 15.6. The number of hydrogen-bond acceptors (Lipinski definition) is 5. The second-order valence-electron chi connectivity index (χ2n) is 4.25. The number of ether oxygens (including phenoxy) is 2. The summed E-state index contributed by atoms with van der Waals surface area (Å²) in [4.78, 5) is 0. The number of nitrogens with one attached hydrogen (secondary N) is 1. The van der Waals surface area contributed by atoms with Crippen molar-refractivity contribution in [3.8, 4) is 11.5 Å². The fraction of sp³-hybridized carbons (Fsp3) is 0.143. The van der Waals surface area contributed by atoms with E-state index in [1.807, 2.05) is 0 Å². The summed E-state index contributed by atoms with van der Waals surface area (Å²) in [6.45, 7) is 0. The average molecular weight is 312 g/mol. The van der Waals surface area contributed by atoms with Crippen LogP contribution in [0, 0.1) is 5.82 Å². The van der Waals surface area contributed by atoms with Gasteiger partial charge in [-0.3, -0.25) is 0 Å². The molecule has 0 atom stereocenters. The van der Waals surface area contributed by atoms with Gasteiger partial charge in [-0.25, -0.2) is 4.39 Å². The number of hydrogen-bond donors (Lipinski definition) is 3.